The van der Waals surface area contributed by atoms with Gasteiger partial charge in [-0.2, -0.15) is 0 Å². The summed E-state index contributed by atoms with van der Waals surface area (Å²) in [6, 6.07) is 0. The van der Waals surface area contributed by atoms with Crippen LogP contribution in [-0.2, 0) is 23.0 Å². The molecular formula is C11H17ClN2O2S2. The lowest BCUT2D eigenvalue weighted by Crippen LogP contribution is -2.25. The van der Waals surface area contributed by atoms with Crippen LogP contribution in [0.1, 0.15) is 23.7 Å². The first-order valence-electron chi connectivity index (χ1n) is 5.52. The molecule has 0 unspecified atom stereocenters. The predicted molar refractivity (Wildman–Crippen MR) is 76.3 cm³/mol. The number of aromatic nitrogens is 1. The maximum Gasteiger partial charge on any atom is 0.216 e. The second-order valence-corrected chi connectivity index (χ2v) is 7.96. The summed E-state index contributed by atoms with van der Waals surface area (Å²) < 4.78 is 25.5. The van der Waals surface area contributed by atoms with Gasteiger partial charge < -0.3 is 0 Å². The van der Waals surface area contributed by atoms with E-state index in [2.05, 4.69) is 30.1 Å². The third-order valence-electron chi connectivity index (χ3n) is 2.00. The van der Waals surface area contributed by atoms with Crippen LogP contribution in [0.2, 0.25) is 0 Å². The zero-order valence-electron chi connectivity index (χ0n) is 10.4. The summed E-state index contributed by atoms with van der Waals surface area (Å²) in [7, 11) is -3.40. The maximum atomic E-state index is 11.5. The van der Waals surface area contributed by atoms with Gasteiger partial charge in [-0.05, 0) is 5.92 Å². The molecule has 0 aromatic carbocycles. The predicted octanol–water partition coefficient (Wildman–Crippen LogP) is 2.51. The van der Waals surface area contributed by atoms with E-state index in [1.807, 2.05) is 0 Å². The van der Waals surface area contributed by atoms with Crippen molar-refractivity contribution in [3.63, 3.8) is 0 Å². The van der Waals surface area contributed by atoms with Crippen LogP contribution in [0.15, 0.2) is 17.8 Å². The molecule has 1 rings (SSSR count). The summed E-state index contributed by atoms with van der Waals surface area (Å²) >= 11 is 7.01. The lowest BCUT2D eigenvalue weighted by molar-refractivity contribution is 0.584. The molecule has 1 aromatic rings. The molecule has 0 aliphatic carbocycles. The fourth-order valence-corrected chi connectivity index (χ4v) is 3.80. The van der Waals surface area contributed by atoms with Crippen molar-refractivity contribution < 1.29 is 8.42 Å². The van der Waals surface area contributed by atoms with E-state index in [4.69, 9.17) is 11.6 Å². The fourth-order valence-electron chi connectivity index (χ4n) is 1.31. The van der Waals surface area contributed by atoms with Crippen LogP contribution < -0.4 is 4.72 Å². The van der Waals surface area contributed by atoms with Gasteiger partial charge in [0, 0.05) is 29.1 Å². The van der Waals surface area contributed by atoms with Crippen molar-refractivity contribution in [2.75, 3.05) is 5.75 Å². The summed E-state index contributed by atoms with van der Waals surface area (Å²) in [5.74, 6) is 0.284. The third kappa shape index (κ3) is 5.95. The molecule has 7 heteroatoms. The minimum atomic E-state index is -3.40. The molecule has 0 fully saturated rings. The van der Waals surface area contributed by atoms with Crippen molar-refractivity contribution in [2.45, 2.75) is 26.8 Å². The first kappa shape index (κ1) is 15.6. The Morgan fingerprint density at radius 1 is 1.61 bits per heavy atom. The topological polar surface area (TPSA) is 59.1 Å². The molecule has 1 heterocycles. The number of halogens is 1. The van der Waals surface area contributed by atoms with E-state index in [-0.39, 0.29) is 17.3 Å². The Kier molecular flexibility index (Phi) is 5.78. The zero-order valence-corrected chi connectivity index (χ0v) is 12.8. The van der Waals surface area contributed by atoms with Gasteiger partial charge in [-0.1, -0.05) is 32.0 Å². The van der Waals surface area contributed by atoms with E-state index in [1.165, 1.54) is 11.3 Å². The number of hydrogen-bond acceptors (Lipinski definition) is 4. The normalized spacial score (nSPS) is 12.0. The smallest absolute Gasteiger partial charge is 0.216 e. The number of thiazole rings is 1. The fraction of sp³-hybridized carbons (Fsp3) is 0.545. The van der Waals surface area contributed by atoms with E-state index >= 15 is 0 Å². The average Bonchev–Trinajstić information content (AvgIpc) is 2.60. The van der Waals surface area contributed by atoms with Crippen molar-refractivity contribution >= 4 is 33.0 Å². The molecule has 18 heavy (non-hydrogen) atoms. The zero-order chi connectivity index (χ0) is 13.8. The number of nitrogens with zero attached hydrogens (tertiary/aromatic N) is 1. The van der Waals surface area contributed by atoms with Crippen LogP contribution in [-0.4, -0.2) is 19.2 Å². The largest absolute Gasteiger partial charge is 0.249 e. The summed E-state index contributed by atoms with van der Waals surface area (Å²) in [5, 5.41) is 1.13. The van der Waals surface area contributed by atoms with Gasteiger partial charge in [0.1, 0.15) is 0 Å². The molecule has 0 saturated carbocycles. The summed E-state index contributed by atoms with van der Waals surface area (Å²) in [4.78, 5) is 5.16. The highest BCUT2D eigenvalue weighted by atomic mass is 35.5. The number of sulfonamides is 1. The molecule has 0 amide bonds. The number of hydrogen-bond donors (Lipinski definition) is 1. The van der Waals surface area contributed by atoms with Crippen molar-refractivity contribution in [1.29, 1.82) is 0 Å². The van der Waals surface area contributed by atoms with Crippen molar-refractivity contribution in [3.05, 3.63) is 27.7 Å². The SMILES string of the molecule is C=C(Cl)CS(=O)(=O)NCc1cnc(CC(C)C)s1. The van der Waals surface area contributed by atoms with Gasteiger partial charge in [-0.25, -0.2) is 18.1 Å². The Balaban J connectivity index is 2.53. The van der Waals surface area contributed by atoms with Crippen LogP contribution >= 0.6 is 22.9 Å². The first-order chi connectivity index (χ1) is 8.28. The van der Waals surface area contributed by atoms with Crippen molar-refractivity contribution in [3.8, 4) is 0 Å². The molecule has 102 valence electrons. The van der Waals surface area contributed by atoms with Crippen LogP contribution in [0.3, 0.4) is 0 Å². The van der Waals surface area contributed by atoms with Crippen molar-refractivity contribution in [1.82, 2.24) is 9.71 Å². The number of rotatable bonds is 7. The lowest BCUT2D eigenvalue weighted by Gasteiger charge is -2.03. The van der Waals surface area contributed by atoms with Gasteiger partial charge in [0.25, 0.3) is 0 Å². The lowest BCUT2D eigenvalue weighted by atomic mass is 10.1. The molecule has 0 saturated heterocycles. The number of nitrogens with one attached hydrogen (secondary N) is 1. The Hall–Kier alpha value is -0.430. The summed E-state index contributed by atoms with van der Waals surface area (Å²) in [6.07, 6.45) is 2.62. The van der Waals surface area contributed by atoms with Crippen LogP contribution in [0.4, 0.5) is 0 Å². The minimum Gasteiger partial charge on any atom is -0.249 e. The van der Waals surface area contributed by atoms with E-state index < -0.39 is 10.0 Å². The third-order valence-corrected chi connectivity index (χ3v) is 4.62. The Morgan fingerprint density at radius 3 is 2.83 bits per heavy atom. The second kappa shape index (κ2) is 6.65. The van der Waals surface area contributed by atoms with Gasteiger partial charge in [0.05, 0.1) is 10.8 Å². The highest BCUT2D eigenvalue weighted by molar-refractivity contribution is 7.89. The molecule has 0 aliphatic heterocycles. The van der Waals surface area contributed by atoms with Crippen LogP contribution in [0.25, 0.3) is 0 Å². The molecule has 0 bridgehead atoms. The van der Waals surface area contributed by atoms with Crippen molar-refractivity contribution in [2.24, 2.45) is 5.92 Å². The average molecular weight is 309 g/mol. The Morgan fingerprint density at radius 2 is 2.28 bits per heavy atom. The van der Waals surface area contributed by atoms with Gasteiger partial charge in [-0.3, -0.25) is 0 Å². The monoisotopic (exact) mass is 308 g/mol. The van der Waals surface area contributed by atoms with E-state index in [1.54, 1.807) is 6.20 Å². The standard InChI is InChI=1S/C11H17ClN2O2S2/c1-8(2)4-11-13-5-10(17-11)6-14-18(15,16)7-9(3)12/h5,8,14H,3-4,6-7H2,1-2H3. The molecule has 0 atom stereocenters. The maximum absolute atomic E-state index is 11.5. The highest BCUT2D eigenvalue weighted by Gasteiger charge is 2.12. The second-order valence-electron chi connectivity index (χ2n) is 4.42. The van der Waals surface area contributed by atoms with Gasteiger partial charge >= 0.3 is 0 Å². The molecule has 0 spiro atoms. The van der Waals surface area contributed by atoms with Crippen LogP contribution in [0, 0.1) is 5.92 Å². The quantitative estimate of drug-likeness (QED) is 0.842. The van der Waals surface area contributed by atoms with Gasteiger partial charge in [0.2, 0.25) is 10.0 Å². The van der Waals surface area contributed by atoms with Gasteiger partial charge in [0.15, 0.2) is 0 Å². The molecule has 1 aromatic heterocycles. The minimum absolute atomic E-state index is 0.104. The van der Waals surface area contributed by atoms with E-state index in [0.29, 0.717) is 5.92 Å². The highest BCUT2D eigenvalue weighted by Crippen LogP contribution is 2.16. The summed E-state index contributed by atoms with van der Waals surface area (Å²) in [6.45, 7) is 7.86. The Bertz CT molecular complexity index is 509. The van der Waals surface area contributed by atoms with Crippen LogP contribution in [0.5, 0.6) is 0 Å². The van der Waals surface area contributed by atoms with E-state index in [0.717, 1.165) is 16.3 Å². The molecule has 4 nitrogen and oxygen atoms in total. The molecule has 0 radical (unpaired) electrons. The Labute approximate surface area is 117 Å². The first-order valence-corrected chi connectivity index (χ1v) is 8.37. The van der Waals surface area contributed by atoms with E-state index in [9.17, 15) is 8.42 Å². The molecule has 1 N–H and O–H groups in total. The molecular weight excluding hydrogens is 292 g/mol. The molecule has 0 aliphatic rings. The summed E-state index contributed by atoms with van der Waals surface area (Å²) in [5.41, 5.74) is 0. The van der Waals surface area contributed by atoms with Gasteiger partial charge in [-0.15, -0.1) is 11.3 Å².